The van der Waals surface area contributed by atoms with Crippen LogP contribution in [0, 0.1) is 27.7 Å². The highest BCUT2D eigenvalue weighted by molar-refractivity contribution is 6.25. The van der Waals surface area contributed by atoms with E-state index in [2.05, 4.69) is 232 Å². The molecule has 0 bridgehead atoms. The zero-order valence-corrected chi connectivity index (χ0v) is 36.2. The van der Waals surface area contributed by atoms with Crippen molar-refractivity contribution in [3.05, 3.63) is 216 Å². The van der Waals surface area contributed by atoms with Gasteiger partial charge >= 0.3 is 0 Å². The number of para-hydroxylation sites is 4. The minimum absolute atomic E-state index is 0.837. The van der Waals surface area contributed by atoms with E-state index in [1.54, 1.807) is 0 Å². The van der Waals surface area contributed by atoms with Crippen LogP contribution >= 0.6 is 0 Å². The standard InChI is InChI=1S/C60H44N2O2/c1-37-16-8-12-22-51(37)61(52-23-13-9-17-38(52)2)46-28-26-42-32-48-49-36-57-59(58(41-20-6-5-7-21-41)60(49)64-55(48)34-44(42)30-46)50-33-43-27-29-47(31-45(43)35-56(50)63-57)62(53-24-14-10-18-39(53)3)54-25-15-11-19-40(54)4/h5-36H,1-4H3. The molecule has 0 aliphatic rings. The van der Waals surface area contributed by atoms with E-state index in [4.69, 9.17) is 8.83 Å². The van der Waals surface area contributed by atoms with Crippen LogP contribution in [0.3, 0.4) is 0 Å². The predicted molar refractivity (Wildman–Crippen MR) is 270 cm³/mol. The molecule has 10 aromatic carbocycles. The monoisotopic (exact) mass is 824 g/mol. The molecule has 0 aliphatic carbocycles. The normalized spacial score (nSPS) is 11.8. The van der Waals surface area contributed by atoms with Crippen LogP contribution in [-0.4, -0.2) is 0 Å². The van der Waals surface area contributed by atoms with E-state index in [0.717, 1.165) is 111 Å². The predicted octanol–water partition coefficient (Wildman–Crippen LogP) is 17.6. The largest absolute Gasteiger partial charge is 0.456 e. The van der Waals surface area contributed by atoms with Gasteiger partial charge in [-0.2, -0.15) is 0 Å². The summed E-state index contributed by atoms with van der Waals surface area (Å²) in [5, 5.41) is 8.73. The van der Waals surface area contributed by atoms with Gasteiger partial charge in [-0.1, -0.05) is 115 Å². The minimum atomic E-state index is 0.837. The van der Waals surface area contributed by atoms with Gasteiger partial charge in [0.25, 0.3) is 0 Å². The van der Waals surface area contributed by atoms with Crippen molar-refractivity contribution < 1.29 is 8.83 Å². The summed E-state index contributed by atoms with van der Waals surface area (Å²) in [4.78, 5) is 4.74. The lowest BCUT2D eigenvalue weighted by Crippen LogP contribution is -2.12. The van der Waals surface area contributed by atoms with E-state index < -0.39 is 0 Å². The Balaban J connectivity index is 1.04. The second-order valence-corrected chi connectivity index (χ2v) is 17.1. The Hall–Kier alpha value is -8.08. The van der Waals surface area contributed by atoms with Crippen LogP contribution in [0.5, 0.6) is 0 Å². The fraction of sp³-hybridized carbons (Fsp3) is 0.0667. The Morgan fingerprint density at radius 3 is 1.25 bits per heavy atom. The Labute approximate surface area is 371 Å². The number of benzene rings is 10. The first-order valence-corrected chi connectivity index (χ1v) is 22.0. The molecule has 0 atom stereocenters. The third-order valence-electron chi connectivity index (χ3n) is 13.1. The van der Waals surface area contributed by atoms with E-state index in [-0.39, 0.29) is 0 Å². The summed E-state index contributed by atoms with van der Waals surface area (Å²) in [7, 11) is 0. The number of aryl methyl sites for hydroxylation is 4. The van der Waals surface area contributed by atoms with Gasteiger partial charge in [-0.3, -0.25) is 0 Å². The fourth-order valence-electron chi connectivity index (χ4n) is 9.86. The summed E-state index contributed by atoms with van der Waals surface area (Å²) in [6, 6.07) is 69.7. The second kappa shape index (κ2) is 14.8. The molecule has 0 spiro atoms. The van der Waals surface area contributed by atoms with Gasteiger partial charge in [0.05, 0.1) is 0 Å². The van der Waals surface area contributed by atoms with Crippen LogP contribution < -0.4 is 9.80 Å². The Morgan fingerprint density at radius 1 is 0.328 bits per heavy atom. The third-order valence-corrected chi connectivity index (χ3v) is 13.1. The lowest BCUT2D eigenvalue weighted by atomic mass is 9.95. The van der Waals surface area contributed by atoms with Gasteiger partial charge in [0, 0.05) is 61.2 Å². The van der Waals surface area contributed by atoms with Crippen molar-refractivity contribution in [2.45, 2.75) is 27.7 Å². The molecule has 306 valence electrons. The highest BCUT2D eigenvalue weighted by Crippen LogP contribution is 2.48. The Bertz CT molecular complexity index is 3600. The van der Waals surface area contributed by atoms with Crippen molar-refractivity contribution in [2.24, 2.45) is 0 Å². The number of rotatable bonds is 7. The van der Waals surface area contributed by atoms with Gasteiger partial charge in [-0.25, -0.2) is 0 Å². The SMILES string of the molecule is Cc1ccccc1N(c1ccc2cc3c(cc2c1)oc1c(-c2ccccc2)c2c(cc13)oc1cc3cc(N(c4ccccc4C)c4ccccc4C)ccc3cc12)c1ccccc1C. The smallest absolute Gasteiger partial charge is 0.144 e. The van der Waals surface area contributed by atoms with Crippen molar-refractivity contribution in [1.82, 2.24) is 0 Å². The van der Waals surface area contributed by atoms with E-state index in [0.29, 0.717) is 0 Å². The number of anilines is 6. The van der Waals surface area contributed by atoms with Gasteiger partial charge in [-0.05, 0) is 156 Å². The summed E-state index contributed by atoms with van der Waals surface area (Å²) in [6.45, 7) is 8.71. The quantitative estimate of drug-likeness (QED) is 0.160. The maximum atomic E-state index is 7.05. The van der Waals surface area contributed by atoms with E-state index in [1.165, 1.54) is 22.3 Å². The van der Waals surface area contributed by atoms with E-state index in [9.17, 15) is 0 Å². The molecule has 2 heterocycles. The van der Waals surface area contributed by atoms with Crippen molar-refractivity contribution in [3.63, 3.8) is 0 Å². The second-order valence-electron chi connectivity index (χ2n) is 17.1. The van der Waals surface area contributed by atoms with Crippen LogP contribution in [0.15, 0.2) is 203 Å². The zero-order chi connectivity index (χ0) is 43.1. The Morgan fingerprint density at radius 2 is 0.766 bits per heavy atom. The maximum absolute atomic E-state index is 7.05. The third kappa shape index (κ3) is 6.06. The van der Waals surface area contributed by atoms with Gasteiger partial charge in [-0.15, -0.1) is 0 Å². The minimum Gasteiger partial charge on any atom is -0.456 e. The first kappa shape index (κ1) is 37.7. The number of hydrogen-bond donors (Lipinski definition) is 0. The van der Waals surface area contributed by atoms with Crippen molar-refractivity contribution in [1.29, 1.82) is 0 Å². The van der Waals surface area contributed by atoms with Gasteiger partial charge in [0.1, 0.15) is 22.3 Å². The first-order valence-electron chi connectivity index (χ1n) is 22.0. The highest BCUT2D eigenvalue weighted by Gasteiger charge is 2.24. The molecule has 12 rings (SSSR count). The molecule has 4 heteroatoms. The molecule has 12 aromatic rings. The van der Waals surface area contributed by atoms with Crippen LogP contribution in [0.4, 0.5) is 34.1 Å². The zero-order valence-electron chi connectivity index (χ0n) is 36.2. The lowest BCUT2D eigenvalue weighted by Gasteiger charge is -2.28. The molecule has 0 fully saturated rings. The first-order chi connectivity index (χ1) is 31.4. The van der Waals surface area contributed by atoms with Crippen molar-refractivity contribution in [3.8, 4) is 11.1 Å². The lowest BCUT2D eigenvalue weighted by molar-refractivity contribution is 0.665. The molecular weight excluding hydrogens is 781 g/mol. The van der Waals surface area contributed by atoms with Crippen molar-refractivity contribution >= 4 is 99.5 Å². The van der Waals surface area contributed by atoms with Crippen LogP contribution in [0.25, 0.3) is 76.5 Å². The molecule has 0 saturated carbocycles. The number of fused-ring (bicyclic) bond motifs is 8. The molecule has 0 amide bonds. The van der Waals surface area contributed by atoms with E-state index >= 15 is 0 Å². The van der Waals surface area contributed by atoms with E-state index in [1.807, 2.05) is 0 Å². The average molecular weight is 825 g/mol. The molecule has 0 saturated heterocycles. The molecule has 0 N–H and O–H groups in total. The van der Waals surface area contributed by atoms with Gasteiger partial charge < -0.3 is 18.6 Å². The topological polar surface area (TPSA) is 32.8 Å². The summed E-state index contributed by atoms with van der Waals surface area (Å²) in [6.07, 6.45) is 0. The molecule has 64 heavy (non-hydrogen) atoms. The highest BCUT2D eigenvalue weighted by atomic mass is 16.3. The molecule has 0 aliphatic heterocycles. The molecule has 2 aromatic heterocycles. The molecular formula is C60H44N2O2. The van der Waals surface area contributed by atoms with Gasteiger partial charge in [0.15, 0.2) is 0 Å². The van der Waals surface area contributed by atoms with Crippen LogP contribution in [0.1, 0.15) is 22.3 Å². The summed E-state index contributed by atoms with van der Waals surface area (Å²) >= 11 is 0. The summed E-state index contributed by atoms with van der Waals surface area (Å²) in [5.74, 6) is 0. The molecule has 0 radical (unpaired) electrons. The summed E-state index contributed by atoms with van der Waals surface area (Å²) in [5.41, 5.74) is 17.2. The fourth-order valence-corrected chi connectivity index (χ4v) is 9.86. The molecule has 4 nitrogen and oxygen atoms in total. The summed E-state index contributed by atoms with van der Waals surface area (Å²) < 4.78 is 14.0. The van der Waals surface area contributed by atoms with Crippen LogP contribution in [0.2, 0.25) is 0 Å². The van der Waals surface area contributed by atoms with Crippen LogP contribution in [-0.2, 0) is 0 Å². The maximum Gasteiger partial charge on any atom is 0.144 e. The van der Waals surface area contributed by atoms with Gasteiger partial charge in [0.2, 0.25) is 0 Å². The molecule has 0 unspecified atom stereocenters. The number of furan rings is 2. The number of nitrogens with zero attached hydrogens (tertiary/aromatic N) is 2. The Kier molecular flexibility index (Phi) is 8.70. The number of hydrogen-bond acceptors (Lipinski definition) is 4. The van der Waals surface area contributed by atoms with Crippen molar-refractivity contribution in [2.75, 3.05) is 9.80 Å². The average Bonchev–Trinajstić information content (AvgIpc) is 3.85.